The van der Waals surface area contributed by atoms with Gasteiger partial charge in [-0.05, 0) is 18.1 Å². The van der Waals surface area contributed by atoms with E-state index in [4.69, 9.17) is 13.9 Å². The van der Waals surface area contributed by atoms with Crippen LogP contribution in [0.1, 0.15) is 20.8 Å². The Morgan fingerprint density at radius 3 is 2.05 bits per heavy atom. The van der Waals surface area contributed by atoms with E-state index in [0.29, 0.717) is 26.4 Å². The van der Waals surface area contributed by atoms with Gasteiger partial charge in [0.25, 0.3) is 0 Å². The number of hydrogen-bond donors (Lipinski definition) is 0. The number of esters is 1. The van der Waals surface area contributed by atoms with Gasteiger partial charge in [0, 0.05) is 0 Å². The van der Waals surface area contributed by atoms with E-state index in [0.717, 1.165) is 0 Å². The Morgan fingerprint density at radius 2 is 1.53 bits per heavy atom. The third-order valence-corrected chi connectivity index (χ3v) is 7.85. The van der Waals surface area contributed by atoms with E-state index >= 15 is 0 Å². The van der Waals surface area contributed by atoms with Crippen LogP contribution in [0, 0.1) is 0 Å². The lowest BCUT2D eigenvalue weighted by atomic mass is 10.2. The molecule has 0 aromatic heterocycles. The fraction of sp³-hybridized carbons (Fsp3) is 0.923. The molecule has 19 heavy (non-hydrogen) atoms. The summed E-state index contributed by atoms with van der Waals surface area (Å²) in [6.45, 7) is 13.0. The quantitative estimate of drug-likeness (QED) is 0.370. The smallest absolute Gasteiger partial charge is 0.331 e. The van der Waals surface area contributed by atoms with Crippen molar-refractivity contribution in [2.45, 2.75) is 38.9 Å². The zero-order chi connectivity index (χ0) is 14.9. The maximum atomic E-state index is 10.7. The summed E-state index contributed by atoms with van der Waals surface area (Å²) < 4.78 is 20.8. The molecule has 0 radical (unpaired) electrons. The second-order valence-corrected chi connectivity index (χ2v) is 10.7. The molecular weight excluding hydrogens is 264 g/mol. The Kier molecular flexibility index (Phi) is 8.48. The average molecular weight is 292 g/mol. The molecule has 0 spiro atoms. The fourth-order valence-electron chi connectivity index (χ4n) is 1.01. The minimum atomic E-state index is -1.67. The third-order valence-electron chi connectivity index (χ3n) is 3.32. The lowest BCUT2D eigenvalue weighted by molar-refractivity contribution is -0.146. The Labute approximate surface area is 117 Å². The normalized spacial score (nSPS) is 12.5. The van der Waals surface area contributed by atoms with Crippen molar-refractivity contribution in [3.8, 4) is 0 Å². The highest BCUT2D eigenvalue weighted by Crippen LogP contribution is 2.36. The Balaban J connectivity index is 3.49. The highest BCUT2D eigenvalue weighted by molar-refractivity contribution is 6.74. The van der Waals surface area contributed by atoms with Gasteiger partial charge in [-0.3, -0.25) is 0 Å². The van der Waals surface area contributed by atoms with Gasteiger partial charge >= 0.3 is 5.97 Å². The summed E-state index contributed by atoms with van der Waals surface area (Å²) in [7, 11) is -0.339. The first-order chi connectivity index (χ1) is 8.70. The first kappa shape index (κ1) is 18.6. The second kappa shape index (κ2) is 8.68. The van der Waals surface area contributed by atoms with Crippen LogP contribution in [0.25, 0.3) is 0 Å². The Morgan fingerprint density at radius 1 is 1.00 bits per heavy atom. The lowest BCUT2D eigenvalue weighted by Crippen LogP contribution is -2.41. The third kappa shape index (κ3) is 8.36. The summed E-state index contributed by atoms with van der Waals surface area (Å²) in [5.74, 6) is -0.374. The molecule has 6 heteroatoms. The highest BCUT2D eigenvalue weighted by Gasteiger charge is 2.36. The van der Waals surface area contributed by atoms with E-state index in [1.54, 1.807) is 0 Å². The van der Waals surface area contributed by atoms with Crippen molar-refractivity contribution in [3.63, 3.8) is 0 Å². The molecule has 0 fully saturated rings. The molecule has 0 aliphatic heterocycles. The van der Waals surface area contributed by atoms with Crippen molar-refractivity contribution in [3.05, 3.63) is 0 Å². The molecule has 0 heterocycles. The van der Waals surface area contributed by atoms with Crippen LogP contribution in [-0.4, -0.2) is 54.4 Å². The second-order valence-electron chi connectivity index (χ2n) is 5.85. The standard InChI is InChI=1S/C13H28O5Si/c1-13(2,3)19(5,6)18-10-9-16-7-8-17-11-12(14)15-4/h7-11H2,1-6H3. The molecule has 0 saturated carbocycles. The van der Waals surface area contributed by atoms with Crippen LogP contribution in [0.3, 0.4) is 0 Å². The molecule has 0 amide bonds. The number of ether oxygens (including phenoxy) is 3. The van der Waals surface area contributed by atoms with Crippen molar-refractivity contribution < 1.29 is 23.4 Å². The predicted octanol–water partition coefficient (Wildman–Crippen LogP) is 2.21. The number of carbonyl (C=O) groups is 1. The SMILES string of the molecule is COC(=O)COCCOCCO[Si](C)(C)C(C)(C)C. The van der Waals surface area contributed by atoms with Gasteiger partial charge in [0.2, 0.25) is 0 Å². The molecule has 0 N–H and O–H groups in total. The summed E-state index contributed by atoms with van der Waals surface area (Å²) in [6, 6.07) is 0. The van der Waals surface area contributed by atoms with Gasteiger partial charge < -0.3 is 18.6 Å². The molecule has 0 unspecified atom stereocenters. The van der Waals surface area contributed by atoms with Crippen molar-refractivity contribution in [1.82, 2.24) is 0 Å². The van der Waals surface area contributed by atoms with Crippen LogP contribution in [0.15, 0.2) is 0 Å². The van der Waals surface area contributed by atoms with E-state index in [-0.39, 0.29) is 17.6 Å². The summed E-state index contributed by atoms with van der Waals surface area (Å²) in [6.07, 6.45) is 0. The van der Waals surface area contributed by atoms with Gasteiger partial charge in [-0.2, -0.15) is 0 Å². The highest BCUT2D eigenvalue weighted by atomic mass is 28.4. The number of hydrogen-bond acceptors (Lipinski definition) is 5. The molecule has 0 bridgehead atoms. The molecule has 0 aromatic rings. The molecule has 0 aliphatic carbocycles. The van der Waals surface area contributed by atoms with E-state index < -0.39 is 8.32 Å². The molecule has 5 nitrogen and oxygen atoms in total. The first-order valence-electron chi connectivity index (χ1n) is 6.57. The fourth-order valence-corrected chi connectivity index (χ4v) is 2.03. The maximum absolute atomic E-state index is 10.7. The average Bonchev–Trinajstić information content (AvgIpc) is 2.30. The Bertz CT molecular complexity index is 260. The number of methoxy groups -OCH3 is 1. The van der Waals surface area contributed by atoms with Crippen molar-refractivity contribution in [1.29, 1.82) is 0 Å². The number of carbonyl (C=O) groups excluding carboxylic acids is 1. The predicted molar refractivity (Wildman–Crippen MR) is 76.8 cm³/mol. The summed E-state index contributed by atoms with van der Waals surface area (Å²) >= 11 is 0. The van der Waals surface area contributed by atoms with E-state index in [9.17, 15) is 4.79 Å². The van der Waals surface area contributed by atoms with Gasteiger partial charge in [0.1, 0.15) is 6.61 Å². The van der Waals surface area contributed by atoms with E-state index in [2.05, 4.69) is 38.6 Å². The monoisotopic (exact) mass is 292 g/mol. The maximum Gasteiger partial charge on any atom is 0.331 e. The zero-order valence-corrected chi connectivity index (χ0v) is 14.1. The summed E-state index contributed by atoms with van der Waals surface area (Å²) in [5.41, 5.74) is 0. The summed E-state index contributed by atoms with van der Waals surface area (Å²) in [4.78, 5) is 10.7. The van der Waals surface area contributed by atoms with Crippen LogP contribution < -0.4 is 0 Å². The van der Waals surface area contributed by atoms with Crippen LogP contribution in [0.4, 0.5) is 0 Å². The molecule has 114 valence electrons. The minimum Gasteiger partial charge on any atom is -0.467 e. The molecule has 0 saturated heterocycles. The van der Waals surface area contributed by atoms with Crippen LogP contribution in [0.2, 0.25) is 18.1 Å². The first-order valence-corrected chi connectivity index (χ1v) is 9.48. The number of rotatable bonds is 9. The van der Waals surface area contributed by atoms with Crippen LogP contribution >= 0.6 is 0 Å². The largest absolute Gasteiger partial charge is 0.467 e. The van der Waals surface area contributed by atoms with Gasteiger partial charge in [-0.1, -0.05) is 20.8 Å². The molecular formula is C13H28O5Si. The van der Waals surface area contributed by atoms with Crippen LogP contribution in [-0.2, 0) is 23.4 Å². The molecule has 0 rings (SSSR count). The zero-order valence-electron chi connectivity index (χ0n) is 13.1. The van der Waals surface area contributed by atoms with Crippen molar-refractivity contribution >= 4 is 14.3 Å². The van der Waals surface area contributed by atoms with Gasteiger partial charge in [0.05, 0.1) is 33.5 Å². The molecule has 0 atom stereocenters. The minimum absolute atomic E-state index is 0.0275. The summed E-state index contributed by atoms with van der Waals surface area (Å²) in [5, 5.41) is 0.219. The van der Waals surface area contributed by atoms with Crippen molar-refractivity contribution in [2.24, 2.45) is 0 Å². The van der Waals surface area contributed by atoms with Crippen LogP contribution in [0.5, 0.6) is 0 Å². The molecule has 0 aliphatic rings. The lowest BCUT2D eigenvalue weighted by Gasteiger charge is -2.36. The molecule has 0 aromatic carbocycles. The van der Waals surface area contributed by atoms with Gasteiger partial charge in [-0.25, -0.2) is 4.79 Å². The Hall–Kier alpha value is -0.433. The topological polar surface area (TPSA) is 54.0 Å². The van der Waals surface area contributed by atoms with Gasteiger partial charge in [-0.15, -0.1) is 0 Å². The van der Waals surface area contributed by atoms with E-state index in [1.165, 1.54) is 7.11 Å². The van der Waals surface area contributed by atoms with Crippen molar-refractivity contribution in [2.75, 3.05) is 40.1 Å². The van der Waals surface area contributed by atoms with E-state index in [1.807, 2.05) is 0 Å². The van der Waals surface area contributed by atoms with Gasteiger partial charge in [0.15, 0.2) is 8.32 Å².